The number of pyridine rings is 1. The van der Waals surface area contributed by atoms with Crippen LogP contribution in [-0.2, 0) is 52.8 Å². The third-order valence-corrected chi connectivity index (χ3v) is 13.7. The Hall–Kier alpha value is -5.86. The van der Waals surface area contributed by atoms with Crippen LogP contribution >= 0.6 is 0 Å². The van der Waals surface area contributed by atoms with Gasteiger partial charge in [0.05, 0.1) is 30.0 Å². The summed E-state index contributed by atoms with van der Waals surface area (Å²) in [5, 5.41) is 5.58. The predicted octanol–water partition coefficient (Wildman–Crippen LogP) is 6.65. The maximum absolute atomic E-state index is 14.7. The number of aryl methyl sites for hydroxylation is 1. The number of esters is 1. The number of hydrogen-bond donors (Lipinski definition) is 2. The molecule has 5 heterocycles. The number of nitrogens with zero attached hydrogens (tertiary/aromatic N) is 5. The maximum Gasteiger partial charge on any atom is 0.324 e. The lowest BCUT2D eigenvalue weighted by Gasteiger charge is -2.37. The van der Waals surface area contributed by atoms with Gasteiger partial charge in [0.25, 0.3) is 5.91 Å². The number of likely N-dealkylation sites (N-methyl/N-ethyl adjacent to an activating group) is 1. The van der Waals surface area contributed by atoms with Crippen molar-refractivity contribution in [1.29, 1.82) is 0 Å². The average Bonchev–Trinajstić information content (AvgIpc) is 3.85. The molecule has 2 aromatic carbocycles. The molecule has 0 saturated carbocycles. The van der Waals surface area contributed by atoms with E-state index in [1.165, 1.54) is 16.0 Å². The molecule has 2 aromatic heterocycles. The van der Waals surface area contributed by atoms with E-state index < -0.39 is 47.2 Å². The molecule has 4 aromatic rings. The number of rotatable bonds is 10. The Balaban J connectivity index is 1.29. The molecule has 4 amide bonds. The van der Waals surface area contributed by atoms with E-state index in [1.54, 1.807) is 25.3 Å². The number of nitrogens with one attached hydrogen (secondary N) is 2. The first-order chi connectivity index (χ1) is 31.5. The minimum absolute atomic E-state index is 0.135. The number of fused-ring (bicyclic) bond motifs is 6. The minimum atomic E-state index is -1.05. The Labute approximate surface area is 389 Å². The van der Waals surface area contributed by atoms with Crippen LogP contribution in [0.25, 0.3) is 33.3 Å². The van der Waals surface area contributed by atoms with Gasteiger partial charge in [-0.15, -0.1) is 0 Å². The molecule has 3 aliphatic rings. The van der Waals surface area contributed by atoms with Crippen molar-refractivity contribution < 1.29 is 33.4 Å². The van der Waals surface area contributed by atoms with Crippen LogP contribution < -0.4 is 10.7 Å². The van der Waals surface area contributed by atoms with Crippen LogP contribution in [0.4, 0.5) is 0 Å². The highest BCUT2D eigenvalue weighted by Crippen LogP contribution is 2.42. The Morgan fingerprint density at radius 1 is 1.09 bits per heavy atom. The summed E-state index contributed by atoms with van der Waals surface area (Å²) < 4.78 is 14.3. The smallest absolute Gasteiger partial charge is 0.324 e. The molecule has 2 saturated heterocycles. The molecule has 352 valence electrons. The number of ether oxygens (including phenoxy) is 2. The number of aromatic nitrogens is 2. The van der Waals surface area contributed by atoms with Gasteiger partial charge in [0, 0.05) is 74.3 Å². The lowest BCUT2D eigenvalue weighted by atomic mass is 9.84. The molecular formula is C52H67N7O7. The van der Waals surface area contributed by atoms with Crippen LogP contribution in [0.15, 0.2) is 73.4 Å². The van der Waals surface area contributed by atoms with Gasteiger partial charge < -0.3 is 29.2 Å². The number of carbonyl (C=O) groups excluding carboxylic acids is 5. The van der Waals surface area contributed by atoms with Gasteiger partial charge in [0.2, 0.25) is 17.7 Å². The fraction of sp³-hybridized carbons (Fsp3) is 0.500. The standard InChI is InChI=1S/C52H67N7O7/c1-11-44(60)58-29-37(24-32(58)5)49(62)56(9)46(31(3)4)48(61)54-42-26-34-16-13-17-35(25-34)36-20-21-43-39(27-36)40(47(57(43)12-2)38-18-14-22-53-45(38)33(6)65-10)28-52(7,8)30-66-51(64)41-19-15-23-59(55-41)50(42)63/h11,13-14,16-18,20-22,25,27,31-33,37,41-42,46,55H,1,12,15,19,23-24,26,28-30H2,2-10H3,(H,54,61)/t32-,33+,37+,41+,42+,46+/m1/s1. The van der Waals surface area contributed by atoms with Crippen LogP contribution in [0, 0.1) is 17.3 Å². The summed E-state index contributed by atoms with van der Waals surface area (Å²) in [5.41, 5.74) is 10.5. The molecule has 14 nitrogen and oxygen atoms in total. The van der Waals surface area contributed by atoms with Crippen molar-refractivity contribution in [2.45, 2.75) is 117 Å². The monoisotopic (exact) mass is 902 g/mol. The lowest BCUT2D eigenvalue weighted by Crippen LogP contribution is -2.62. The van der Waals surface area contributed by atoms with Crippen molar-refractivity contribution in [2.24, 2.45) is 17.3 Å². The molecule has 0 unspecified atom stereocenters. The number of cyclic esters (lactones) is 1. The highest BCUT2D eigenvalue weighted by atomic mass is 16.5. The van der Waals surface area contributed by atoms with E-state index in [2.05, 4.69) is 79.1 Å². The number of benzene rings is 2. The molecular weight excluding hydrogens is 835 g/mol. The number of carbonyl (C=O) groups is 5. The highest BCUT2D eigenvalue weighted by molar-refractivity contribution is 5.96. The quantitative estimate of drug-likeness (QED) is 0.132. The fourth-order valence-corrected chi connectivity index (χ4v) is 10.2. The van der Waals surface area contributed by atoms with Crippen molar-refractivity contribution in [3.8, 4) is 22.4 Å². The van der Waals surface area contributed by atoms with Crippen LogP contribution in [0.5, 0.6) is 0 Å². The van der Waals surface area contributed by atoms with E-state index >= 15 is 0 Å². The van der Waals surface area contributed by atoms with Crippen LogP contribution in [-0.4, -0.2) is 112 Å². The first kappa shape index (κ1) is 48.1. The van der Waals surface area contributed by atoms with Crippen molar-refractivity contribution in [3.63, 3.8) is 0 Å². The zero-order valence-corrected chi connectivity index (χ0v) is 40.1. The third-order valence-electron chi connectivity index (χ3n) is 13.7. The van der Waals surface area contributed by atoms with E-state index in [-0.39, 0.29) is 49.5 Å². The number of hydrogen-bond acceptors (Lipinski definition) is 9. The van der Waals surface area contributed by atoms with Crippen molar-refractivity contribution in [1.82, 2.24) is 35.1 Å². The zero-order valence-electron chi connectivity index (χ0n) is 40.1. The molecule has 66 heavy (non-hydrogen) atoms. The molecule has 2 fully saturated rings. The lowest BCUT2D eigenvalue weighted by molar-refractivity contribution is -0.155. The highest BCUT2D eigenvalue weighted by Gasteiger charge is 2.42. The van der Waals surface area contributed by atoms with Gasteiger partial charge in [-0.2, -0.15) is 0 Å². The van der Waals surface area contributed by atoms with Crippen LogP contribution in [0.1, 0.15) is 90.7 Å². The Morgan fingerprint density at radius 2 is 1.85 bits per heavy atom. The van der Waals surface area contributed by atoms with Crippen molar-refractivity contribution in [2.75, 3.05) is 33.9 Å². The Kier molecular flexibility index (Phi) is 14.5. The molecule has 6 atom stereocenters. The number of methoxy groups -OCH3 is 1. The molecule has 2 N–H and O–H groups in total. The van der Waals surface area contributed by atoms with E-state index in [1.807, 2.05) is 45.9 Å². The predicted molar refractivity (Wildman–Crippen MR) is 255 cm³/mol. The Bertz CT molecular complexity index is 2500. The second kappa shape index (κ2) is 19.9. The largest absolute Gasteiger partial charge is 0.464 e. The van der Waals surface area contributed by atoms with Crippen molar-refractivity contribution >= 4 is 40.5 Å². The van der Waals surface area contributed by atoms with Gasteiger partial charge in [0.1, 0.15) is 18.1 Å². The SMILES string of the molecule is C=CC(=O)N1C[C@@H](C(=O)N(C)[C@H](C(=O)N[C@H]2Cc3cccc(c3)-c3ccc4c(c3)c(c(-c3cccnc3[C@H](C)OC)n4CC)CC(C)(C)COC(=O)[C@@H]3CCCN(N3)C2=O)C(C)C)C[C@H]1C. The van der Waals surface area contributed by atoms with Gasteiger partial charge >= 0.3 is 5.97 Å². The molecule has 0 spiro atoms. The molecule has 14 heteroatoms. The summed E-state index contributed by atoms with van der Waals surface area (Å²) in [5.74, 6) is -2.60. The van der Waals surface area contributed by atoms with E-state index in [0.29, 0.717) is 38.8 Å². The van der Waals surface area contributed by atoms with E-state index in [4.69, 9.17) is 14.5 Å². The topological polar surface area (TPSA) is 155 Å². The summed E-state index contributed by atoms with van der Waals surface area (Å²) >= 11 is 0. The normalized spacial score (nSPS) is 22.1. The van der Waals surface area contributed by atoms with Gasteiger partial charge in [-0.05, 0) is 105 Å². The fourth-order valence-electron chi connectivity index (χ4n) is 10.2. The van der Waals surface area contributed by atoms with E-state index in [9.17, 15) is 24.0 Å². The van der Waals surface area contributed by atoms with Gasteiger partial charge in [-0.25, -0.2) is 5.43 Å². The number of hydrazine groups is 1. The summed E-state index contributed by atoms with van der Waals surface area (Å²) in [6, 6.07) is 15.7. The second-order valence-electron chi connectivity index (χ2n) is 19.5. The summed E-state index contributed by atoms with van der Waals surface area (Å²) in [6.07, 6.45) is 5.01. The molecule has 3 aliphatic heterocycles. The zero-order chi connectivity index (χ0) is 47.6. The third kappa shape index (κ3) is 9.81. The van der Waals surface area contributed by atoms with Crippen LogP contribution in [0.2, 0.25) is 0 Å². The number of amides is 4. The number of likely N-dealkylation sites (tertiary alicyclic amines) is 1. The van der Waals surface area contributed by atoms with E-state index in [0.717, 1.165) is 50.1 Å². The summed E-state index contributed by atoms with van der Waals surface area (Å²) in [4.78, 5) is 77.7. The molecule has 6 bridgehead atoms. The first-order valence-corrected chi connectivity index (χ1v) is 23.4. The average molecular weight is 902 g/mol. The minimum Gasteiger partial charge on any atom is -0.464 e. The maximum atomic E-state index is 14.7. The molecule has 7 rings (SSSR count). The molecule has 0 radical (unpaired) electrons. The summed E-state index contributed by atoms with van der Waals surface area (Å²) in [6.45, 7) is 19.0. The summed E-state index contributed by atoms with van der Waals surface area (Å²) in [7, 11) is 3.30. The van der Waals surface area contributed by atoms with Gasteiger partial charge in [-0.1, -0.05) is 64.6 Å². The van der Waals surface area contributed by atoms with Crippen molar-refractivity contribution in [3.05, 3.63) is 90.3 Å². The van der Waals surface area contributed by atoms with Crippen LogP contribution in [0.3, 0.4) is 0 Å². The second-order valence-corrected chi connectivity index (χ2v) is 19.5. The Morgan fingerprint density at radius 3 is 2.56 bits per heavy atom. The first-order valence-electron chi connectivity index (χ1n) is 23.4. The molecule has 0 aliphatic carbocycles. The van der Waals surface area contributed by atoms with Gasteiger partial charge in [0.15, 0.2) is 0 Å². The van der Waals surface area contributed by atoms with Gasteiger partial charge in [-0.3, -0.25) is 34.0 Å².